The van der Waals surface area contributed by atoms with E-state index in [0.717, 1.165) is 18.4 Å². The summed E-state index contributed by atoms with van der Waals surface area (Å²) in [5.41, 5.74) is 1.59. The summed E-state index contributed by atoms with van der Waals surface area (Å²) < 4.78 is 0. The second-order valence-corrected chi connectivity index (χ2v) is 7.62. The molecule has 4 rings (SSSR count). The Labute approximate surface area is 157 Å². The number of amides is 2. The number of nitrogens with zero attached hydrogens (tertiary/aromatic N) is 2. The third-order valence-corrected chi connectivity index (χ3v) is 5.70. The van der Waals surface area contributed by atoms with Crippen LogP contribution in [0.4, 0.5) is 0 Å². The van der Waals surface area contributed by atoms with Crippen molar-refractivity contribution in [2.45, 2.75) is 19.4 Å². The van der Waals surface area contributed by atoms with Crippen molar-refractivity contribution in [2.24, 2.45) is 11.3 Å². The van der Waals surface area contributed by atoms with Gasteiger partial charge in [-0.3, -0.25) is 14.6 Å². The molecule has 2 aromatic rings. The molecule has 0 radical (unpaired) electrons. The van der Waals surface area contributed by atoms with Gasteiger partial charge in [-0.15, -0.1) is 0 Å². The number of rotatable bonds is 4. The van der Waals surface area contributed by atoms with Gasteiger partial charge in [0.15, 0.2) is 0 Å². The van der Waals surface area contributed by atoms with Crippen LogP contribution in [0.3, 0.4) is 0 Å². The fourth-order valence-corrected chi connectivity index (χ4v) is 4.05. The third kappa shape index (κ3) is 3.31. The minimum Gasteiger partial charge on any atom is -0.352 e. The zero-order valence-electron chi connectivity index (χ0n) is 14.3. The summed E-state index contributed by atoms with van der Waals surface area (Å²) in [7, 11) is 0. The highest BCUT2D eigenvalue weighted by molar-refractivity contribution is 6.30. The first-order valence-electron chi connectivity index (χ1n) is 8.79. The Hall–Kier alpha value is -2.40. The van der Waals surface area contributed by atoms with Crippen LogP contribution in [0.25, 0.3) is 0 Å². The molecule has 5 nitrogen and oxygen atoms in total. The van der Waals surface area contributed by atoms with Crippen LogP contribution in [0.2, 0.25) is 5.02 Å². The number of benzene rings is 1. The van der Waals surface area contributed by atoms with Crippen LogP contribution in [0.5, 0.6) is 0 Å². The van der Waals surface area contributed by atoms with E-state index in [-0.39, 0.29) is 23.1 Å². The summed E-state index contributed by atoms with van der Waals surface area (Å²) in [6, 6.07) is 10.8. The zero-order chi connectivity index (χ0) is 18.1. The van der Waals surface area contributed by atoms with Crippen molar-refractivity contribution in [2.75, 3.05) is 13.1 Å². The van der Waals surface area contributed by atoms with E-state index >= 15 is 0 Å². The molecule has 0 bridgehead atoms. The van der Waals surface area contributed by atoms with Crippen LogP contribution >= 0.6 is 11.6 Å². The molecule has 6 heteroatoms. The Bertz CT molecular complexity index is 842. The zero-order valence-corrected chi connectivity index (χ0v) is 15.1. The summed E-state index contributed by atoms with van der Waals surface area (Å²) >= 11 is 5.99. The van der Waals surface area contributed by atoms with Gasteiger partial charge in [0.1, 0.15) is 0 Å². The largest absolute Gasteiger partial charge is 0.352 e. The fraction of sp³-hybridized carbons (Fsp3) is 0.350. The standard InChI is InChI=1S/C20H20ClN3O2/c21-16-3-1-2-15(10-16)19(26)24-9-6-20(13-24)11-17(20)18(25)23-12-14-4-7-22-8-5-14/h1-5,7-8,10,17H,6,9,11-13H2,(H,23,25)/t17-,20-/m0/s1. The van der Waals surface area contributed by atoms with Crippen LogP contribution in [0, 0.1) is 11.3 Å². The quantitative estimate of drug-likeness (QED) is 0.901. The van der Waals surface area contributed by atoms with E-state index < -0.39 is 0 Å². The summed E-state index contributed by atoms with van der Waals surface area (Å²) in [4.78, 5) is 31.0. The maximum absolute atomic E-state index is 12.7. The molecule has 2 aliphatic rings. The summed E-state index contributed by atoms with van der Waals surface area (Å²) in [6.07, 6.45) is 5.17. The lowest BCUT2D eigenvalue weighted by atomic mass is 10.0. The molecule has 2 heterocycles. The molecule has 2 amide bonds. The summed E-state index contributed by atoms with van der Waals surface area (Å²) in [5.74, 6) is 0.0765. The maximum atomic E-state index is 12.7. The lowest BCUT2D eigenvalue weighted by molar-refractivity contribution is -0.123. The van der Waals surface area contributed by atoms with Crippen LogP contribution < -0.4 is 5.32 Å². The minimum atomic E-state index is -0.0451. The first-order valence-corrected chi connectivity index (χ1v) is 9.17. The SMILES string of the molecule is O=C(NCc1ccncc1)[C@@H]1C[C@]12CCN(C(=O)c1cccc(Cl)c1)C2. The second kappa shape index (κ2) is 6.72. The number of likely N-dealkylation sites (tertiary alicyclic amines) is 1. The van der Waals surface area contributed by atoms with Gasteiger partial charge in [0.25, 0.3) is 5.91 Å². The van der Waals surface area contributed by atoms with Crippen molar-refractivity contribution in [1.29, 1.82) is 0 Å². The third-order valence-electron chi connectivity index (χ3n) is 5.47. The van der Waals surface area contributed by atoms with Crippen molar-refractivity contribution in [1.82, 2.24) is 15.2 Å². The van der Waals surface area contributed by atoms with Crippen molar-refractivity contribution < 1.29 is 9.59 Å². The van der Waals surface area contributed by atoms with Crippen molar-refractivity contribution in [3.63, 3.8) is 0 Å². The Morgan fingerprint density at radius 3 is 2.85 bits per heavy atom. The molecule has 0 unspecified atom stereocenters. The number of pyridine rings is 1. The van der Waals surface area contributed by atoms with Crippen molar-refractivity contribution in [3.05, 3.63) is 64.9 Å². The van der Waals surface area contributed by atoms with E-state index in [1.54, 1.807) is 36.7 Å². The van der Waals surface area contributed by atoms with Crippen molar-refractivity contribution in [3.8, 4) is 0 Å². The first kappa shape index (κ1) is 17.0. The molecule has 2 atom stereocenters. The molecule has 1 aromatic heterocycles. The van der Waals surface area contributed by atoms with Gasteiger partial charge in [-0.1, -0.05) is 17.7 Å². The van der Waals surface area contributed by atoms with Crippen molar-refractivity contribution >= 4 is 23.4 Å². The number of hydrogen-bond donors (Lipinski definition) is 1. The molecule has 1 aromatic carbocycles. The molecule has 1 N–H and O–H groups in total. The van der Waals surface area contributed by atoms with Gasteiger partial charge in [0, 0.05) is 53.9 Å². The molecule has 1 spiro atoms. The van der Waals surface area contributed by atoms with Gasteiger partial charge < -0.3 is 10.2 Å². The minimum absolute atomic E-state index is 0.00139. The summed E-state index contributed by atoms with van der Waals surface area (Å²) in [6.45, 7) is 1.85. The predicted molar refractivity (Wildman–Crippen MR) is 98.6 cm³/mol. The second-order valence-electron chi connectivity index (χ2n) is 7.18. The Morgan fingerprint density at radius 2 is 2.08 bits per heavy atom. The monoisotopic (exact) mass is 369 g/mol. The van der Waals surface area contributed by atoms with Gasteiger partial charge in [0.05, 0.1) is 0 Å². The van der Waals surface area contributed by atoms with Crippen LogP contribution in [0.15, 0.2) is 48.8 Å². The van der Waals surface area contributed by atoms with E-state index in [2.05, 4.69) is 10.3 Å². The lowest BCUT2D eigenvalue weighted by Gasteiger charge is -2.17. The number of nitrogens with one attached hydrogen (secondary N) is 1. The van der Waals surface area contributed by atoms with Gasteiger partial charge in [-0.2, -0.15) is 0 Å². The number of halogens is 1. The highest BCUT2D eigenvalue weighted by Gasteiger charge is 2.61. The van der Waals surface area contributed by atoms with E-state index in [4.69, 9.17) is 11.6 Å². The highest BCUT2D eigenvalue weighted by atomic mass is 35.5. The molecule has 1 saturated heterocycles. The summed E-state index contributed by atoms with van der Waals surface area (Å²) in [5, 5.41) is 3.57. The molecule has 26 heavy (non-hydrogen) atoms. The number of hydrogen-bond acceptors (Lipinski definition) is 3. The average Bonchev–Trinajstić information content (AvgIpc) is 3.20. The number of carbonyl (C=O) groups is 2. The number of carbonyl (C=O) groups excluding carboxylic acids is 2. The molecular formula is C20H20ClN3O2. The Balaban J connectivity index is 1.34. The van der Waals surface area contributed by atoms with Crippen LogP contribution in [0.1, 0.15) is 28.8 Å². The van der Waals surface area contributed by atoms with Gasteiger partial charge in [-0.05, 0) is 48.7 Å². The number of aromatic nitrogens is 1. The van der Waals surface area contributed by atoms with E-state index in [9.17, 15) is 9.59 Å². The van der Waals surface area contributed by atoms with Crippen LogP contribution in [-0.2, 0) is 11.3 Å². The van der Waals surface area contributed by atoms with E-state index in [0.29, 0.717) is 30.2 Å². The van der Waals surface area contributed by atoms with Gasteiger partial charge >= 0.3 is 0 Å². The van der Waals surface area contributed by atoms with Crippen LogP contribution in [-0.4, -0.2) is 34.8 Å². The van der Waals surface area contributed by atoms with Gasteiger partial charge in [-0.25, -0.2) is 0 Å². The molecule has 2 fully saturated rings. The highest BCUT2D eigenvalue weighted by Crippen LogP contribution is 2.58. The maximum Gasteiger partial charge on any atom is 0.253 e. The van der Waals surface area contributed by atoms with Gasteiger partial charge in [0.2, 0.25) is 5.91 Å². The molecule has 1 aliphatic heterocycles. The average molecular weight is 370 g/mol. The first-order chi connectivity index (χ1) is 12.6. The normalized spacial score (nSPS) is 23.9. The lowest BCUT2D eigenvalue weighted by Crippen LogP contribution is -2.31. The molecule has 1 aliphatic carbocycles. The Morgan fingerprint density at radius 1 is 1.27 bits per heavy atom. The fourth-order valence-electron chi connectivity index (χ4n) is 3.86. The predicted octanol–water partition coefficient (Wildman–Crippen LogP) is 2.90. The smallest absolute Gasteiger partial charge is 0.253 e. The molecule has 1 saturated carbocycles. The molecule has 134 valence electrons. The topological polar surface area (TPSA) is 62.3 Å². The Kier molecular flexibility index (Phi) is 4.41. The molecular weight excluding hydrogens is 350 g/mol. The van der Waals surface area contributed by atoms with E-state index in [1.165, 1.54) is 0 Å². The van der Waals surface area contributed by atoms with E-state index in [1.807, 2.05) is 17.0 Å².